The van der Waals surface area contributed by atoms with Crippen LogP contribution in [0.4, 0.5) is 0 Å². The van der Waals surface area contributed by atoms with Crippen LogP contribution in [0.25, 0.3) is 0 Å². The molecule has 0 atom stereocenters. The third-order valence-electron chi connectivity index (χ3n) is 3.72. The summed E-state index contributed by atoms with van der Waals surface area (Å²) in [5.41, 5.74) is 2.60. The molecule has 5 heteroatoms. The molecule has 0 saturated carbocycles. The lowest BCUT2D eigenvalue weighted by Crippen LogP contribution is -2.30. The Morgan fingerprint density at radius 1 is 1.05 bits per heavy atom. The van der Waals surface area contributed by atoms with Gasteiger partial charge in [0.2, 0.25) is 0 Å². The first kappa shape index (κ1) is 13.1. The highest BCUT2D eigenvalue weighted by atomic mass is 16.2. The van der Waals surface area contributed by atoms with Crippen LogP contribution in [0.2, 0.25) is 0 Å². The van der Waals surface area contributed by atoms with Gasteiger partial charge in [-0.05, 0) is 31.2 Å². The summed E-state index contributed by atoms with van der Waals surface area (Å²) in [4.78, 5) is 25.9. The fourth-order valence-electron chi connectivity index (χ4n) is 2.60. The van der Waals surface area contributed by atoms with E-state index in [1.54, 1.807) is 24.3 Å². The molecule has 0 saturated heterocycles. The van der Waals surface area contributed by atoms with Crippen molar-refractivity contribution in [3.05, 3.63) is 58.9 Å². The van der Waals surface area contributed by atoms with Gasteiger partial charge in [-0.15, -0.1) is 0 Å². The number of hydrogen-bond donors (Lipinski definition) is 0. The number of carbonyl (C=O) groups is 2. The molecule has 2 amide bonds. The molecule has 2 heterocycles. The normalized spacial score (nSPS) is 13.4. The highest BCUT2D eigenvalue weighted by Crippen LogP contribution is 2.24. The molecule has 0 N–H and O–H groups in total. The number of hydrogen-bond acceptors (Lipinski definition) is 3. The van der Waals surface area contributed by atoms with Gasteiger partial charge in [0.1, 0.15) is 6.54 Å². The maximum absolute atomic E-state index is 12.3. The van der Waals surface area contributed by atoms with E-state index in [0.717, 1.165) is 11.4 Å². The quantitative estimate of drug-likeness (QED) is 0.808. The fraction of sp³-hybridized carbons (Fsp3) is 0.188. The molecular weight excluding hydrogens is 266 g/mol. The van der Waals surface area contributed by atoms with Crippen LogP contribution in [0.15, 0.2) is 36.4 Å². The molecule has 0 bridgehead atoms. The number of imide groups is 1. The Bertz CT molecular complexity index is 748. The smallest absolute Gasteiger partial charge is 0.261 e. The van der Waals surface area contributed by atoms with Crippen molar-refractivity contribution in [2.75, 3.05) is 0 Å². The second kappa shape index (κ2) is 4.91. The van der Waals surface area contributed by atoms with E-state index in [1.165, 1.54) is 4.90 Å². The molecule has 21 heavy (non-hydrogen) atoms. The molecule has 1 aromatic heterocycles. The minimum atomic E-state index is -0.280. The van der Waals surface area contributed by atoms with Crippen LogP contribution in [0.3, 0.4) is 0 Å². The number of rotatable bonds is 3. The zero-order valence-corrected chi connectivity index (χ0v) is 11.5. The molecule has 3 rings (SSSR count). The standard InChI is InChI=1S/C16H13N3O2/c1-11-6-7-12(18(11)9-8-17)10-19-15(20)13-4-2-3-5-14(13)16(19)21/h2-7H,9-10H2,1H3. The average molecular weight is 279 g/mol. The summed E-state index contributed by atoms with van der Waals surface area (Å²) in [6.07, 6.45) is 0. The van der Waals surface area contributed by atoms with E-state index in [4.69, 9.17) is 5.26 Å². The number of nitrogens with zero attached hydrogens (tertiary/aromatic N) is 3. The van der Waals surface area contributed by atoms with E-state index < -0.39 is 0 Å². The summed E-state index contributed by atoms with van der Waals surface area (Å²) in [5.74, 6) is -0.559. The van der Waals surface area contributed by atoms with E-state index in [1.807, 2.05) is 23.6 Å². The van der Waals surface area contributed by atoms with Crippen molar-refractivity contribution in [3.63, 3.8) is 0 Å². The van der Waals surface area contributed by atoms with E-state index in [2.05, 4.69) is 6.07 Å². The Labute approximate surface area is 122 Å². The molecule has 1 aliphatic rings. The van der Waals surface area contributed by atoms with Crippen molar-refractivity contribution < 1.29 is 9.59 Å². The second-order valence-corrected chi connectivity index (χ2v) is 4.95. The Balaban J connectivity index is 1.93. The molecule has 1 aliphatic heterocycles. The first-order valence-corrected chi connectivity index (χ1v) is 6.60. The molecule has 0 spiro atoms. The number of carbonyl (C=O) groups excluding carboxylic acids is 2. The molecule has 2 aromatic rings. The predicted octanol–water partition coefficient (Wildman–Crippen LogP) is 2.12. The lowest BCUT2D eigenvalue weighted by atomic mass is 10.1. The minimum absolute atomic E-state index is 0.182. The van der Waals surface area contributed by atoms with Crippen LogP contribution >= 0.6 is 0 Å². The maximum atomic E-state index is 12.3. The second-order valence-electron chi connectivity index (χ2n) is 4.95. The number of aryl methyl sites for hydroxylation is 1. The summed E-state index contributed by atoms with van der Waals surface area (Å²) in [6.45, 7) is 2.28. The topological polar surface area (TPSA) is 66.1 Å². The van der Waals surface area contributed by atoms with Crippen molar-refractivity contribution in [3.8, 4) is 6.07 Å². The van der Waals surface area contributed by atoms with Crippen LogP contribution in [-0.2, 0) is 13.1 Å². The highest BCUT2D eigenvalue weighted by molar-refractivity contribution is 6.21. The van der Waals surface area contributed by atoms with Crippen LogP contribution in [-0.4, -0.2) is 21.3 Å². The molecule has 104 valence electrons. The highest BCUT2D eigenvalue weighted by Gasteiger charge is 2.35. The van der Waals surface area contributed by atoms with E-state index in [-0.39, 0.29) is 24.9 Å². The summed E-state index contributed by atoms with van der Waals surface area (Å²) in [7, 11) is 0. The Hall–Kier alpha value is -2.87. The Kier molecular flexibility index (Phi) is 3.07. The summed E-state index contributed by atoms with van der Waals surface area (Å²) in [6, 6.07) is 12.6. The van der Waals surface area contributed by atoms with Gasteiger partial charge in [0.25, 0.3) is 11.8 Å². The summed E-state index contributed by atoms with van der Waals surface area (Å²) in [5, 5.41) is 8.88. The number of nitriles is 1. The van der Waals surface area contributed by atoms with Crippen LogP contribution in [0.1, 0.15) is 32.1 Å². The van der Waals surface area contributed by atoms with E-state index >= 15 is 0 Å². The molecule has 1 aromatic carbocycles. The van der Waals surface area contributed by atoms with Gasteiger partial charge in [0.05, 0.1) is 23.7 Å². The van der Waals surface area contributed by atoms with Gasteiger partial charge in [0, 0.05) is 11.4 Å². The van der Waals surface area contributed by atoms with Crippen molar-refractivity contribution in [2.24, 2.45) is 0 Å². The zero-order chi connectivity index (χ0) is 15.0. The minimum Gasteiger partial charge on any atom is -0.333 e. The fourth-order valence-corrected chi connectivity index (χ4v) is 2.60. The third-order valence-corrected chi connectivity index (χ3v) is 3.72. The number of fused-ring (bicyclic) bond motifs is 1. The summed E-state index contributed by atoms with van der Waals surface area (Å²) < 4.78 is 1.81. The van der Waals surface area contributed by atoms with Crippen LogP contribution < -0.4 is 0 Å². The van der Waals surface area contributed by atoms with Crippen LogP contribution in [0, 0.1) is 18.3 Å². The van der Waals surface area contributed by atoms with E-state index in [0.29, 0.717) is 11.1 Å². The average Bonchev–Trinajstić information content (AvgIpc) is 2.95. The first-order valence-electron chi connectivity index (χ1n) is 6.60. The monoisotopic (exact) mass is 279 g/mol. The third kappa shape index (κ3) is 2.01. The van der Waals surface area contributed by atoms with Crippen molar-refractivity contribution in [2.45, 2.75) is 20.0 Å². The Morgan fingerprint density at radius 3 is 2.24 bits per heavy atom. The molecule has 0 radical (unpaired) electrons. The zero-order valence-electron chi connectivity index (χ0n) is 11.5. The van der Waals surface area contributed by atoms with Gasteiger partial charge in [0.15, 0.2) is 0 Å². The van der Waals surface area contributed by atoms with Gasteiger partial charge in [-0.2, -0.15) is 5.26 Å². The number of benzene rings is 1. The van der Waals surface area contributed by atoms with Gasteiger partial charge in [-0.1, -0.05) is 12.1 Å². The van der Waals surface area contributed by atoms with Crippen molar-refractivity contribution in [1.29, 1.82) is 5.26 Å². The lowest BCUT2D eigenvalue weighted by molar-refractivity contribution is 0.0639. The molecule has 0 fully saturated rings. The molecule has 0 aliphatic carbocycles. The van der Waals surface area contributed by atoms with Gasteiger partial charge in [-0.25, -0.2) is 0 Å². The molecule has 5 nitrogen and oxygen atoms in total. The van der Waals surface area contributed by atoms with Crippen molar-refractivity contribution >= 4 is 11.8 Å². The summed E-state index contributed by atoms with van der Waals surface area (Å²) >= 11 is 0. The number of aromatic nitrogens is 1. The SMILES string of the molecule is Cc1ccc(CN2C(=O)c3ccccc3C2=O)n1CC#N. The Morgan fingerprint density at radius 2 is 1.67 bits per heavy atom. The number of amides is 2. The molecular formula is C16H13N3O2. The van der Waals surface area contributed by atoms with E-state index in [9.17, 15) is 9.59 Å². The van der Waals surface area contributed by atoms with Gasteiger partial charge in [-0.3, -0.25) is 14.5 Å². The maximum Gasteiger partial charge on any atom is 0.261 e. The predicted molar refractivity (Wildman–Crippen MR) is 75.4 cm³/mol. The van der Waals surface area contributed by atoms with Crippen LogP contribution in [0.5, 0.6) is 0 Å². The first-order chi connectivity index (χ1) is 10.1. The van der Waals surface area contributed by atoms with Gasteiger partial charge < -0.3 is 4.57 Å². The lowest BCUT2D eigenvalue weighted by Gasteiger charge is -2.15. The van der Waals surface area contributed by atoms with Crippen molar-refractivity contribution in [1.82, 2.24) is 9.47 Å². The molecule has 0 unspecified atom stereocenters. The largest absolute Gasteiger partial charge is 0.333 e. The van der Waals surface area contributed by atoms with Gasteiger partial charge >= 0.3 is 0 Å².